The Hall–Kier alpha value is -0.340. The molecule has 0 heterocycles. The first-order chi connectivity index (χ1) is 7.80. The van der Waals surface area contributed by atoms with Gasteiger partial charge in [0, 0.05) is 11.4 Å². The van der Waals surface area contributed by atoms with Gasteiger partial charge in [0.05, 0.1) is 6.61 Å². The summed E-state index contributed by atoms with van der Waals surface area (Å²) in [4.78, 5) is 11.0. The zero-order chi connectivity index (χ0) is 13.5. The van der Waals surface area contributed by atoms with E-state index in [0.717, 1.165) is 0 Å². The Morgan fingerprint density at radius 3 is 2.41 bits per heavy atom. The normalized spacial score (nSPS) is 13.5. The van der Waals surface area contributed by atoms with Crippen molar-refractivity contribution in [1.82, 2.24) is 9.44 Å². The summed E-state index contributed by atoms with van der Waals surface area (Å²) < 4.78 is 31.7. The molecule has 6 nitrogen and oxygen atoms in total. The molecule has 0 spiro atoms. The van der Waals surface area contributed by atoms with Gasteiger partial charge in [0.15, 0.2) is 0 Å². The summed E-state index contributed by atoms with van der Waals surface area (Å²) in [6.45, 7) is 5.69. The SMILES string of the molecule is CCOC(=O)NS(=O)(=O)NC(CBr)CC(C)C. The van der Waals surface area contributed by atoms with Crippen LogP contribution < -0.4 is 9.44 Å². The average Bonchev–Trinajstić information content (AvgIpc) is 2.14. The van der Waals surface area contributed by atoms with E-state index in [2.05, 4.69) is 25.4 Å². The number of nitrogens with one attached hydrogen (secondary N) is 2. The molecular weight excluding hydrogens is 312 g/mol. The Morgan fingerprint density at radius 1 is 1.41 bits per heavy atom. The highest BCUT2D eigenvalue weighted by atomic mass is 79.9. The fourth-order valence-corrected chi connectivity index (χ4v) is 2.83. The van der Waals surface area contributed by atoms with Crippen LogP contribution in [0.1, 0.15) is 27.2 Å². The molecule has 8 heteroatoms. The van der Waals surface area contributed by atoms with Gasteiger partial charge >= 0.3 is 16.3 Å². The first-order valence-corrected chi connectivity index (χ1v) is 7.94. The molecule has 0 aromatic rings. The fourth-order valence-electron chi connectivity index (χ4n) is 1.23. The highest BCUT2D eigenvalue weighted by Gasteiger charge is 2.20. The minimum atomic E-state index is -3.86. The lowest BCUT2D eigenvalue weighted by Gasteiger charge is -2.18. The molecule has 17 heavy (non-hydrogen) atoms. The molecule has 0 rings (SSSR count). The van der Waals surface area contributed by atoms with Crippen LogP contribution in [-0.2, 0) is 14.9 Å². The molecule has 0 saturated heterocycles. The van der Waals surface area contributed by atoms with Crippen molar-refractivity contribution in [1.29, 1.82) is 0 Å². The van der Waals surface area contributed by atoms with Gasteiger partial charge < -0.3 is 4.74 Å². The van der Waals surface area contributed by atoms with Gasteiger partial charge in [-0.05, 0) is 19.3 Å². The Labute approximate surface area is 111 Å². The van der Waals surface area contributed by atoms with E-state index in [9.17, 15) is 13.2 Å². The van der Waals surface area contributed by atoms with Crippen LogP contribution in [-0.4, -0.2) is 32.5 Å². The largest absolute Gasteiger partial charge is 0.449 e. The Kier molecular flexibility index (Phi) is 7.73. The number of alkyl halides is 1. The summed E-state index contributed by atoms with van der Waals surface area (Å²) in [6.07, 6.45) is -0.299. The number of rotatable bonds is 7. The summed E-state index contributed by atoms with van der Waals surface area (Å²) in [5.41, 5.74) is 0. The first kappa shape index (κ1) is 16.7. The highest BCUT2D eigenvalue weighted by Crippen LogP contribution is 2.07. The van der Waals surface area contributed by atoms with E-state index in [-0.39, 0.29) is 12.6 Å². The zero-order valence-corrected chi connectivity index (χ0v) is 12.6. The van der Waals surface area contributed by atoms with Gasteiger partial charge in [0.1, 0.15) is 0 Å². The van der Waals surface area contributed by atoms with Crippen LogP contribution in [0.15, 0.2) is 0 Å². The third-order valence-corrected chi connectivity index (χ3v) is 3.62. The lowest BCUT2D eigenvalue weighted by atomic mass is 10.1. The molecule has 0 bridgehead atoms. The van der Waals surface area contributed by atoms with Crippen molar-refractivity contribution in [3.8, 4) is 0 Å². The third kappa shape index (κ3) is 8.39. The number of amides is 1. The van der Waals surface area contributed by atoms with Gasteiger partial charge in [-0.3, -0.25) is 0 Å². The summed E-state index contributed by atoms with van der Waals surface area (Å²) in [6, 6.07) is -0.262. The molecule has 0 fully saturated rings. The monoisotopic (exact) mass is 330 g/mol. The summed E-state index contributed by atoms with van der Waals surface area (Å²) in [7, 11) is -3.86. The van der Waals surface area contributed by atoms with Crippen molar-refractivity contribution in [2.75, 3.05) is 11.9 Å². The second-order valence-electron chi connectivity index (χ2n) is 3.92. The molecule has 0 aliphatic carbocycles. The molecule has 0 aromatic heterocycles. The molecule has 0 radical (unpaired) electrons. The van der Waals surface area contributed by atoms with Gasteiger partial charge in [0.2, 0.25) is 0 Å². The highest BCUT2D eigenvalue weighted by molar-refractivity contribution is 9.09. The molecule has 102 valence electrons. The molecule has 1 unspecified atom stereocenters. The van der Waals surface area contributed by atoms with Gasteiger partial charge in [-0.25, -0.2) is 9.52 Å². The van der Waals surface area contributed by atoms with E-state index in [0.29, 0.717) is 17.7 Å². The second-order valence-corrected chi connectivity index (χ2v) is 6.02. The van der Waals surface area contributed by atoms with Crippen LogP contribution >= 0.6 is 15.9 Å². The smallest absolute Gasteiger partial charge is 0.421 e. The number of carbonyl (C=O) groups excluding carboxylic acids is 1. The van der Waals surface area contributed by atoms with Gasteiger partial charge in [0.25, 0.3) is 0 Å². The van der Waals surface area contributed by atoms with Crippen molar-refractivity contribution in [3.05, 3.63) is 0 Å². The topological polar surface area (TPSA) is 84.5 Å². The molecule has 0 aliphatic heterocycles. The molecule has 0 aliphatic rings. The number of hydrogen-bond donors (Lipinski definition) is 2. The van der Waals surface area contributed by atoms with Crippen LogP contribution in [0.25, 0.3) is 0 Å². The van der Waals surface area contributed by atoms with E-state index in [1.54, 1.807) is 11.6 Å². The van der Waals surface area contributed by atoms with Gasteiger partial charge in [-0.1, -0.05) is 29.8 Å². The van der Waals surface area contributed by atoms with Crippen molar-refractivity contribution in [2.45, 2.75) is 33.2 Å². The van der Waals surface area contributed by atoms with Gasteiger partial charge in [-0.15, -0.1) is 0 Å². The quantitative estimate of drug-likeness (QED) is 0.690. The van der Waals surface area contributed by atoms with Crippen molar-refractivity contribution >= 4 is 32.2 Å². The summed E-state index contributed by atoms with van der Waals surface area (Å²) >= 11 is 3.22. The van der Waals surface area contributed by atoms with Gasteiger partial charge in [-0.2, -0.15) is 13.1 Å². The van der Waals surface area contributed by atoms with E-state index >= 15 is 0 Å². The van der Waals surface area contributed by atoms with E-state index < -0.39 is 16.3 Å². The van der Waals surface area contributed by atoms with Crippen molar-refractivity contribution in [2.24, 2.45) is 5.92 Å². The Bertz CT molecular complexity index is 332. The molecule has 2 N–H and O–H groups in total. The van der Waals surface area contributed by atoms with Crippen LogP contribution in [0.4, 0.5) is 4.79 Å². The first-order valence-electron chi connectivity index (χ1n) is 5.33. The number of halogens is 1. The molecular formula is C9H19BrN2O4S. The van der Waals surface area contributed by atoms with Crippen LogP contribution in [0.2, 0.25) is 0 Å². The minimum Gasteiger partial charge on any atom is -0.449 e. The molecule has 0 aromatic carbocycles. The predicted octanol–water partition coefficient (Wildman–Crippen LogP) is 1.38. The van der Waals surface area contributed by atoms with Crippen LogP contribution in [0, 0.1) is 5.92 Å². The predicted molar refractivity (Wildman–Crippen MR) is 69.3 cm³/mol. The second kappa shape index (κ2) is 7.88. The lowest BCUT2D eigenvalue weighted by molar-refractivity contribution is 0.158. The van der Waals surface area contributed by atoms with E-state index in [1.165, 1.54) is 0 Å². The molecule has 1 atom stereocenters. The van der Waals surface area contributed by atoms with E-state index in [1.807, 2.05) is 13.8 Å². The Balaban J connectivity index is 4.36. The number of carbonyl (C=O) groups is 1. The fraction of sp³-hybridized carbons (Fsp3) is 0.889. The standard InChI is InChI=1S/C9H19BrN2O4S/c1-4-16-9(13)12-17(14,15)11-8(6-10)5-7(2)3/h7-8,11H,4-6H2,1-3H3,(H,12,13). The molecule has 0 saturated carbocycles. The van der Waals surface area contributed by atoms with E-state index in [4.69, 9.17) is 0 Å². The van der Waals surface area contributed by atoms with Crippen molar-refractivity contribution in [3.63, 3.8) is 0 Å². The Morgan fingerprint density at radius 2 is 2.00 bits per heavy atom. The average molecular weight is 331 g/mol. The minimum absolute atomic E-state index is 0.120. The third-order valence-electron chi connectivity index (χ3n) is 1.76. The van der Waals surface area contributed by atoms with Crippen LogP contribution in [0.5, 0.6) is 0 Å². The maximum absolute atomic E-state index is 11.5. The lowest BCUT2D eigenvalue weighted by Crippen LogP contribution is -2.46. The maximum atomic E-state index is 11.5. The maximum Gasteiger partial charge on any atom is 0.421 e. The zero-order valence-electron chi connectivity index (χ0n) is 10.2. The number of ether oxygens (including phenoxy) is 1. The summed E-state index contributed by atoms with van der Waals surface area (Å²) in [5.74, 6) is 0.350. The van der Waals surface area contributed by atoms with Crippen molar-refractivity contribution < 1.29 is 17.9 Å². The molecule has 1 amide bonds. The summed E-state index contributed by atoms with van der Waals surface area (Å²) in [5, 5.41) is 0.481. The van der Waals surface area contributed by atoms with Crippen LogP contribution in [0.3, 0.4) is 0 Å². The number of hydrogen-bond acceptors (Lipinski definition) is 4.